The number of alkyl halides is 3. The largest absolute Gasteiger partial charge is 0.465 e. The normalized spacial score (nSPS) is 15.6. The number of amides is 1. The lowest BCUT2D eigenvalue weighted by Gasteiger charge is -2.32. The SMILES string of the molecule is CCC[C@@H](C(N)=O)C(C)(C)COC(=O)[C@H](CCCCCC[C@H](C(C)C)C(F)(F)F)C(C)C. The molecule has 0 bridgehead atoms. The average molecular weight is 466 g/mol. The van der Waals surface area contributed by atoms with Gasteiger partial charge in [0.15, 0.2) is 0 Å². The number of primary amides is 1. The van der Waals surface area contributed by atoms with Gasteiger partial charge in [-0.1, -0.05) is 80.6 Å². The quantitative estimate of drug-likeness (QED) is 0.199. The zero-order valence-electron chi connectivity index (χ0n) is 21.2. The molecule has 190 valence electrons. The van der Waals surface area contributed by atoms with Crippen molar-refractivity contribution >= 4 is 11.9 Å². The maximum absolute atomic E-state index is 13.0. The topological polar surface area (TPSA) is 69.4 Å². The van der Waals surface area contributed by atoms with Crippen LogP contribution in [0, 0.1) is 35.0 Å². The van der Waals surface area contributed by atoms with Crippen LogP contribution >= 0.6 is 0 Å². The van der Waals surface area contributed by atoms with Crippen LogP contribution in [0.3, 0.4) is 0 Å². The van der Waals surface area contributed by atoms with E-state index < -0.39 is 23.4 Å². The Morgan fingerprint density at radius 3 is 1.81 bits per heavy atom. The van der Waals surface area contributed by atoms with Crippen LogP contribution in [0.2, 0.25) is 0 Å². The summed E-state index contributed by atoms with van der Waals surface area (Å²) in [5.74, 6) is -2.83. The van der Waals surface area contributed by atoms with Gasteiger partial charge in [0.1, 0.15) is 0 Å². The van der Waals surface area contributed by atoms with Crippen molar-refractivity contribution in [3.8, 4) is 0 Å². The molecule has 0 spiro atoms. The van der Waals surface area contributed by atoms with Crippen molar-refractivity contribution in [3.63, 3.8) is 0 Å². The lowest BCUT2D eigenvalue weighted by molar-refractivity contribution is -0.188. The number of rotatable bonds is 16. The third kappa shape index (κ3) is 11.0. The van der Waals surface area contributed by atoms with Gasteiger partial charge in [-0.15, -0.1) is 0 Å². The smallest absolute Gasteiger partial charge is 0.392 e. The first-order valence-corrected chi connectivity index (χ1v) is 12.2. The lowest BCUT2D eigenvalue weighted by Crippen LogP contribution is -2.40. The van der Waals surface area contributed by atoms with Crippen molar-refractivity contribution in [1.29, 1.82) is 0 Å². The summed E-state index contributed by atoms with van der Waals surface area (Å²) < 4.78 is 44.7. The highest BCUT2D eigenvalue weighted by atomic mass is 19.4. The second-order valence-corrected chi connectivity index (χ2v) is 10.6. The summed E-state index contributed by atoms with van der Waals surface area (Å²) in [5.41, 5.74) is 5.01. The Kier molecular flexibility index (Phi) is 13.5. The molecular formula is C25H46F3NO3. The van der Waals surface area contributed by atoms with Gasteiger partial charge in [0.05, 0.1) is 18.4 Å². The number of hydrogen-bond donors (Lipinski definition) is 1. The molecule has 7 heteroatoms. The Hall–Kier alpha value is -1.27. The van der Waals surface area contributed by atoms with Gasteiger partial charge in [0.2, 0.25) is 5.91 Å². The van der Waals surface area contributed by atoms with Crippen molar-refractivity contribution in [3.05, 3.63) is 0 Å². The van der Waals surface area contributed by atoms with Crippen LogP contribution in [0.25, 0.3) is 0 Å². The fourth-order valence-electron chi connectivity index (χ4n) is 4.35. The number of unbranched alkanes of at least 4 members (excludes halogenated alkanes) is 3. The maximum atomic E-state index is 13.0. The molecule has 32 heavy (non-hydrogen) atoms. The van der Waals surface area contributed by atoms with Crippen molar-refractivity contribution in [1.82, 2.24) is 0 Å². The molecule has 2 N–H and O–H groups in total. The zero-order chi connectivity index (χ0) is 25.1. The van der Waals surface area contributed by atoms with Crippen LogP contribution in [0.1, 0.15) is 99.8 Å². The van der Waals surface area contributed by atoms with Crippen LogP contribution < -0.4 is 5.73 Å². The second kappa shape index (κ2) is 14.1. The van der Waals surface area contributed by atoms with E-state index in [2.05, 4.69) is 0 Å². The van der Waals surface area contributed by atoms with Gasteiger partial charge < -0.3 is 10.5 Å². The average Bonchev–Trinajstić information content (AvgIpc) is 2.64. The molecule has 0 saturated heterocycles. The molecule has 0 radical (unpaired) electrons. The number of nitrogens with two attached hydrogens (primary N) is 1. The van der Waals surface area contributed by atoms with Gasteiger partial charge in [-0.05, 0) is 31.1 Å². The Morgan fingerprint density at radius 2 is 1.41 bits per heavy atom. The van der Waals surface area contributed by atoms with Crippen molar-refractivity contribution in [2.75, 3.05) is 6.61 Å². The molecule has 0 aliphatic carbocycles. The predicted molar refractivity (Wildman–Crippen MR) is 123 cm³/mol. The molecule has 4 nitrogen and oxygen atoms in total. The Morgan fingerprint density at radius 1 is 0.875 bits per heavy atom. The molecular weight excluding hydrogens is 419 g/mol. The summed E-state index contributed by atoms with van der Waals surface area (Å²) in [4.78, 5) is 24.5. The van der Waals surface area contributed by atoms with Gasteiger partial charge in [0.25, 0.3) is 0 Å². The minimum absolute atomic E-state index is 0.101. The van der Waals surface area contributed by atoms with Crippen molar-refractivity contribution < 1.29 is 27.5 Å². The van der Waals surface area contributed by atoms with E-state index in [1.54, 1.807) is 13.8 Å². The number of carbonyl (C=O) groups is 2. The first kappa shape index (κ1) is 30.7. The van der Waals surface area contributed by atoms with E-state index in [1.807, 2.05) is 34.6 Å². The fraction of sp³-hybridized carbons (Fsp3) is 0.920. The Balaban J connectivity index is 4.58. The lowest BCUT2D eigenvalue weighted by atomic mass is 9.76. The van der Waals surface area contributed by atoms with Crippen LogP contribution in [-0.2, 0) is 14.3 Å². The minimum atomic E-state index is -4.14. The summed E-state index contributed by atoms with van der Waals surface area (Å²) in [6, 6.07) is 0. The van der Waals surface area contributed by atoms with E-state index in [0.29, 0.717) is 19.3 Å². The molecule has 0 fully saturated rings. The first-order valence-electron chi connectivity index (χ1n) is 12.2. The number of hydrogen-bond acceptors (Lipinski definition) is 3. The van der Waals surface area contributed by atoms with Gasteiger partial charge in [-0.25, -0.2) is 0 Å². The fourth-order valence-corrected chi connectivity index (χ4v) is 4.35. The highest BCUT2D eigenvalue weighted by Crippen LogP contribution is 2.36. The highest BCUT2D eigenvalue weighted by molar-refractivity contribution is 5.77. The number of halogens is 3. The minimum Gasteiger partial charge on any atom is -0.465 e. The van der Waals surface area contributed by atoms with Crippen LogP contribution in [0.15, 0.2) is 0 Å². The van der Waals surface area contributed by atoms with Gasteiger partial charge in [0, 0.05) is 11.3 Å². The second-order valence-electron chi connectivity index (χ2n) is 10.6. The number of carbonyl (C=O) groups excluding carboxylic acids is 2. The van der Waals surface area contributed by atoms with E-state index in [1.165, 1.54) is 0 Å². The zero-order valence-corrected chi connectivity index (χ0v) is 21.2. The molecule has 0 heterocycles. The maximum Gasteiger partial charge on any atom is 0.392 e. The van der Waals surface area contributed by atoms with Crippen LogP contribution in [-0.4, -0.2) is 24.7 Å². The Bertz CT molecular complexity index is 559. The molecule has 1 amide bonds. The predicted octanol–water partition coefficient (Wildman–Crippen LogP) is 6.90. The number of ether oxygens (including phenoxy) is 1. The van der Waals surface area contributed by atoms with Crippen molar-refractivity contribution in [2.24, 2.45) is 40.7 Å². The van der Waals surface area contributed by atoms with E-state index >= 15 is 0 Å². The molecule has 0 saturated carbocycles. The Labute approximate surface area is 193 Å². The van der Waals surface area contributed by atoms with Gasteiger partial charge in [-0.3, -0.25) is 9.59 Å². The van der Waals surface area contributed by atoms with E-state index in [4.69, 9.17) is 10.5 Å². The molecule has 0 aromatic heterocycles. The molecule has 0 aliphatic rings. The van der Waals surface area contributed by atoms with E-state index in [-0.39, 0.29) is 42.7 Å². The molecule has 0 rings (SSSR count). The van der Waals surface area contributed by atoms with Crippen LogP contribution in [0.4, 0.5) is 13.2 Å². The third-order valence-corrected chi connectivity index (χ3v) is 6.56. The monoisotopic (exact) mass is 465 g/mol. The summed E-state index contributed by atoms with van der Waals surface area (Å²) >= 11 is 0. The highest BCUT2D eigenvalue weighted by Gasteiger charge is 2.40. The third-order valence-electron chi connectivity index (χ3n) is 6.56. The first-order chi connectivity index (χ1) is 14.6. The van der Waals surface area contributed by atoms with Gasteiger partial charge >= 0.3 is 12.1 Å². The summed E-state index contributed by atoms with van der Waals surface area (Å²) in [6.45, 7) is 13.1. The van der Waals surface area contributed by atoms with Crippen LogP contribution in [0.5, 0.6) is 0 Å². The summed E-state index contributed by atoms with van der Waals surface area (Å²) in [5, 5.41) is 0. The van der Waals surface area contributed by atoms with E-state index in [0.717, 1.165) is 25.7 Å². The number of esters is 1. The van der Waals surface area contributed by atoms with E-state index in [9.17, 15) is 22.8 Å². The molecule has 0 aromatic carbocycles. The molecule has 0 aromatic rings. The molecule has 3 atom stereocenters. The summed E-state index contributed by atoms with van der Waals surface area (Å²) in [7, 11) is 0. The molecule has 0 unspecified atom stereocenters. The van der Waals surface area contributed by atoms with Gasteiger partial charge in [-0.2, -0.15) is 13.2 Å². The van der Waals surface area contributed by atoms with Crippen molar-refractivity contribution in [2.45, 2.75) is 106 Å². The summed E-state index contributed by atoms with van der Waals surface area (Å²) in [6.07, 6.45) is 0.981. The standard InChI is InChI=1S/C25H46F3NO3/c1-8-13-21(22(29)30)24(6,7)16-32-23(31)19(17(2)3)14-11-9-10-12-15-20(18(4)5)25(26,27)28/h17-21H,8-16H2,1-7H3,(H2,29,30)/t19-,20-,21+/m1/s1. The molecule has 0 aliphatic heterocycles.